The molecule has 1 fully saturated rings. The van der Waals surface area contributed by atoms with Crippen LogP contribution in [-0.2, 0) is 6.42 Å². The minimum absolute atomic E-state index is 0.00731. The van der Waals surface area contributed by atoms with Gasteiger partial charge in [0.2, 0.25) is 0 Å². The van der Waals surface area contributed by atoms with E-state index in [0.717, 1.165) is 5.56 Å². The van der Waals surface area contributed by atoms with Crippen LogP contribution in [0.25, 0.3) is 0 Å². The van der Waals surface area contributed by atoms with Crippen LogP contribution in [0.3, 0.4) is 0 Å². The second-order valence-electron chi connectivity index (χ2n) is 5.82. The van der Waals surface area contributed by atoms with Crippen molar-refractivity contribution in [2.24, 2.45) is 5.92 Å². The number of carbonyl (C=O) groups is 1. The number of aromatic amines is 1. The van der Waals surface area contributed by atoms with E-state index in [-0.39, 0.29) is 23.6 Å². The van der Waals surface area contributed by atoms with Gasteiger partial charge in [0.1, 0.15) is 5.56 Å². The number of H-pyrrole nitrogens is 1. The first-order chi connectivity index (χ1) is 11.1. The third-order valence-corrected chi connectivity index (χ3v) is 4.20. The Morgan fingerprint density at radius 2 is 2.09 bits per heavy atom. The SMILES string of the molecule is O=C(N[C@H](Cc1ccncc1)C1CC(O)C1)c1cnc[nH]c1=O. The highest BCUT2D eigenvalue weighted by molar-refractivity contribution is 5.93. The van der Waals surface area contributed by atoms with Crippen LogP contribution in [0.1, 0.15) is 28.8 Å². The maximum Gasteiger partial charge on any atom is 0.263 e. The number of rotatable bonds is 5. The monoisotopic (exact) mass is 314 g/mol. The van der Waals surface area contributed by atoms with Crippen molar-refractivity contribution >= 4 is 5.91 Å². The van der Waals surface area contributed by atoms with Crippen LogP contribution < -0.4 is 10.9 Å². The van der Waals surface area contributed by atoms with E-state index in [9.17, 15) is 14.7 Å². The summed E-state index contributed by atoms with van der Waals surface area (Å²) >= 11 is 0. The molecule has 7 heteroatoms. The van der Waals surface area contributed by atoms with Crippen molar-refractivity contribution < 1.29 is 9.90 Å². The Balaban J connectivity index is 1.75. The number of pyridine rings is 1. The first-order valence-electron chi connectivity index (χ1n) is 7.54. The van der Waals surface area contributed by atoms with Crippen LogP contribution in [0.2, 0.25) is 0 Å². The van der Waals surface area contributed by atoms with E-state index in [2.05, 4.69) is 20.3 Å². The highest BCUT2D eigenvalue weighted by Crippen LogP contribution is 2.31. The largest absolute Gasteiger partial charge is 0.393 e. The molecule has 7 nitrogen and oxygen atoms in total. The third kappa shape index (κ3) is 3.62. The molecule has 1 aliphatic carbocycles. The summed E-state index contributed by atoms with van der Waals surface area (Å²) in [7, 11) is 0. The molecule has 0 aromatic carbocycles. The first kappa shape index (κ1) is 15.4. The topological polar surface area (TPSA) is 108 Å². The maximum absolute atomic E-state index is 12.3. The Morgan fingerprint density at radius 1 is 1.35 bits per heavy atom. The Labute approximate surface area is 132 Å². The normalized spacial score (nSPS) is 21.3. The second kappa shape index (κ2) is 6.70. The summed E-state index contributed by atoms with van der Waals surface area (Å²) in [5.41, 5.74) is 0.577. The number of aliphatic hydroxyl groups excluding tert-OH is 1. The molecule has 3 rings (SSSR count). The Kier molecular flexibility index (Phi) is 4.47. The quantitative estimate of drug-likeness (QED) is 0.734. The van der Waals surface area contributed by atoms with Crippen LogP contribution >= 0.6 is 0 Å². The second-order valence-corrected chi connectivity index (χ2v) is 5.82. The van der Waals surface area contributed by atoms with Crippen LogP contribution in [0, 0.1) is 5.92 Å². The number of aliphatic hydroxyl groups is 1. The highest BCUT2D eigenvalue weighted by Gasteiger charge is 2.35. The van der Waals surface area contributed by atoms with Crippen molar-refractivity contribution in [2.45, 2.75) is 31.4 Å². The summed E-state index contributed by atoms with van der Waals surface area (Å²) in [6.45, 7) is 0. The molecular formula is C16H18N4O3. The minimum Gasteiger partial charge on any atom is -0.393 e. The van der Waals surface area contributed by atoms with Crippen LogP contribution in [0.5, 0.6) is 0 Å². The molecule has 1 amide bonds. The summed E-state index contributed by atoms with van der Waals surface area (Å²) < 4.78 is 0. The number of hydrogen-bond acceptors (Lipinski definition) is 5. The fourth-order valence-corrected chi connectivity index (χ4v) is 2.82. The Bertz CT molecular complexity index is 725. The number of nitrogens with zero attached hydrogens (tertiary/aromatic N) is 2. The number of carbonyl (C=O) groups excluding carboxylic acids is 1. The van der Waals surface area contributed by atoms with E-state index in [4.69, 9.17) is 0 Å². The van der Waals surface area contributed by atoms with Crippen molar-refractivity contribution in [1.82, 2.24) is 20.3 Å². The molecular weight excluding hydrogens is 296 g/mol. The van der Waals surface area contributed by atoms with Gasteiger partial charge in [0.15, 0.2) is 0 Å². The van der Waals surface area contributed by atoms with Crippen molar-refractivity contribution in [3.05, 3.63) is 58.5 Å². The molecule has 1 saturated carbocycles. The predicted octanol–water partition coefficient (Wildman–Crippen LogP) is 0.277. The van der Waals surface area contributed by atoms with Crippen LogP contribution in [0.4, 0.5) is 0 Å². The van der Waals surface area contributed by atoms with E-state index in [1.54, 1.807) is 12.4 Å². The Hall–Kier alpha value is -2.54. The molecule has 0 radical (unpaired) electrons. The number of amides is 1. The van der Waals surface area contributed by atoms with Gasteiger partial charge in [-0.1, -0.05) is 0 Å². The van der Waals surface area contributed by atoms with E-state index in [1.807, 2.05) is 12.1 Å². The molecule has 0 spiro atoms. The van der Waals surface area contributed by atoms with Crippen molar-refractivity contribution in [3.63, 3.8) is 0 Å². The molecule has 0 unspecified atom stereocenters. The summed E-state index contributed by atoms with van der Waals surface area (Å²) in [4.78, 5) is 34.2. The lowest BCUT2D eigenvalue weighted by Gasteiger charge is -2.38. The summed E-state index contributed by atoms with van der Waals surface area (Å²) in [5, 5.41) is 12.5. The molecule has 2 aromatic heterocycles. The average Bonchev–Trinajstić information content (AvgIpc) is 2.52. The lowest BCUT2D eigenvalue weighted by Crippen LogP contribution is -2.49. The summed E-state index contributed by atoms with van der Waals surface area (Å²) in [6.07, 6.45) is 7.54. The molecule has 0 saturated heterocycles. The van der Waals surface area contributed by atoms with Gasteiger partial charge in [-0.25, -0.2) is 4.98 Å². The molecule has 1 atom stereocenters. The smallest absolute Gasteiger partial charge is 0.263 e. The van der Waals surface area contributed by atoms with Gasteiger partial charge in [-0.15, -0.1) is 0 Å². The summed E-state index contributed by atoms with van der Waals surface area (Å²) in [6, 6.07) is 3.64. The molecule has 0 bridgehead atoms. The zero-order chi connectivity index (χ0) is 16.2. The molecule has 120 valence electrons. The van der Waals surface area contributed by atoms with Gasteiger partial charge >= 0.3 is 0 Å². The number of aromatic nitrogens is 3. The number of hydrogen-bond donors (Lipinski definition) is 3. The molecule has 1 aliphatic rings. The molecule has 3 N–H and O–H groups in total. The van der Waals surface area contributed by atoms with Gasteiger partial charge < -0.3 is 15.4 Å². The molecule has 0 aliphatic heterocycles. The lowest BCUT2D eigenvalue weighted by atomic mass is 9.75. The van der Waals surface area contributed by atoms with Gasteiger partial charge in [-0.3, -0.25) is 14.6 Å². The van der Waals surface area contributed by atoms with Crippen molar-refractivity contribution in [2.75, 3.05) is 0 Å². The van der Waals surface area contributed by atoms with E-state index < -0.39 is 11.5 Å². The fourth-order valence-electron chi connectivity index (χ4n) is 2.82. The first-order valence-corrected chi connectivity index (χ1v) is 7.54. The van der Waals surface area contributed by atoms with E-state index >= 15 is 0 Å². The number of nitrogens with one attached hydrogen (secondary N) is 2. The average molecular weight is 314 g/mol. The van der Waals surface area contributed by atoms with Gasteiger partial charge in [0.25, 0.3) is 11.5 Å². The molecule has 2 heterocycles. The standard InChI is InChI=1S/C16H18N4O3/c21-12-6-11(7-12)14(5-10-1-3-17-4-2-10)20-16(23)13-8-18-9-19-15(13)22/h1-4,8-9,11-12,14,21H,5-7H2,(H,20,23)(H,18,19,22)/t11?,12?,14-/m1/s1. The fraction of sp³-hybridized carbons (Fsp3) is 0.375. The summed E-state index contributed by atoms with van der Waals surface area (Å²) in [5.74, 6) is -0.252. The van der Waals surface area contributed by atoms with Crippen LogP contribution in [0.15, 0.2) is 41.8 Å². The minimum atomic E-state index is -0.464. The van der Waals surface area contributed by atoms with Crippen LogP contribution in [-0.4, -0.2) is 38.1 Å². The zero-order valence-corrected chi connectivity index (χ0v) is 12.5. The lowest BCUT2D eigenvalue weighted by molar-refractivity contribution is 0.0239. The van der Waals surface area contributed by atoms with Gasteiger partial charge in [0, 0.05) is 24.6 Å². The van der Waals surface area contributed by atoms with E-state index in [0.29, 0.717) is 19.3 Å². The van der Waals surface area contributed by atoms with Crippen molar-refractivity contribution in [1.29, 1.82) is 0 Å². The maximum atomic E-state index is 12.3. The predicted molar refractivity (Wildman–Crippen MR) is 82.8 cm³/mol. The van der Waals surface area contributed by atoms with Gasteiger partial charge in [-0.05, 0) is 42.9 Å². The van der Waals surface area contributed by atoms with Gasteiger partial charge in [0.05, 0.1) is 12.4 Å². The van der Waals surface area contributed by atoms with Gasteiger partial charge in [-0.2, -0.15) is 0 Å². The zero-order valence-electron chi connectivity index (χ0n) is 12.5. The van der Waals surface area contributed by atoms with E-state index in [1.165, 1.54) is 12.5 Å². The molecule has 23 heavy (non-hydrogen) atoms. The molecule has 2 aromatic rings. The van der Waals surface area contributed by atoms with Crippen molar-refractivity contribution in [3.8, 4) is 0 Å². The third-order valence-electron chi connectivity index (χ3n) is 4.20. The Morgan fingerprint density at radius 3 is 2.74 bits per heavy atom. The highest BCUT2D eigenvalue weighted by atomic mass is 16.3.